The van der Waals surface area contributed by atoms with Crippen LogP contribution in [0.2, 0.25) is 0 Å². The van der Waals surface area contributed by atoms with Crippen molar-refractivity contribution in [2.45, 2.75) is 98.2 Å². The van der Waals surface area contributed by atoms with Crippen LogP contribution < -0.4 is 5.32 Å². The van der Waals surface area contributed by atoms with Crippen molar-refractivity contribution in [3.05, 3.63) is 0 Å². The Hall–Kier alpha value is -1.47. The fourth-order valence-electron chi connectivity index (χ4n) is 9.87. The van der Waals surface area contributed by atoms with Gasteiger partial charge in [0, 0.05) is 42.9 Å². The predicted molar refractivity (Wildman–Crippen MR) is 141 cm³/mol. The van der Waals surface area contributed by atoms with Gasteiger partial charge < -0.3 is 14.4 Å². The summed E-state index contributed by atoms with van der Waals surface area (Å²) >= 11 is 0. The molecule has 0 aromatic rings. The predicted octanol–water partition coefficient (Wildman–Crippen LogP) is 4.82. The van der Waals surface area contributed by atoms with E-state index in [0.717, 1.165) is 64.6 Å². The van der Waals surface area contributed by atoms with E-state index in [1.165, 1.54) is 0 Å². The third-order valence-electron chi connectivity index (χ3n) is 12.1. The second kappa shape index (κ2) is 9.62. The Kier molecular flexibility index (Phi) is 7.05. The number of methoxy groups -OCH3 is 1. The minimum Gasteiger partial charge on any atom is -0.445 e. The zero-order chi connectivity index (χ0) is 26.8. The highest BCUT2D eigenvalue weighted by Gasteiger charge is 2.68. The van der Waals surface area contributed by atoms with E-state index in [1.54, 1.807) is 7.11 Å². The summed E-state index contributed by atoms with van der Waals surface area (Å²) in [7, 11) is 1.78. The maximum Gasteiger partial charge on any atom is 0.414 e. The number of amides is 2. The standard InChI is InChI=1S/C30H48N2O5/c1-7-11-28(4)15-23(37-27(35)31-26(34)21-17-32-14-10-20(21)16-32)29(5)18(2)8-12-30(19(3)25(28)33)13-9-22(36-6)24(29)30/h18-24H,7-17H2,1-6H3,(H,31,34,35)/t18-,19+,20-,21+,22-,23-,24?,28-,29+,30?/m1/s1. The van der Waals surface area contributed by atoms with Gasteiger partial charge in [-0.15, -0.1) is 0 Å². The number of Topliss-reactive ketones (excluding diaryl/α,β-unsaturated/α-hetero) is 1. The lowest BCUT2D eigenvalue weighted by Crippen LogP contribution is -2.63. The summed E-state index contributed by atoms with van der Waals surface area (Å²) in [5.74, 6) is 0.676. The van der Waals surface area contributed by atoms with Gasteiger partial charge in [-0.25, -0.2) is 4.79 Å². The second-order valence-electron chi connectivity index (χ2n) is 13.7. The summed E-state index contributed by atoms with van der Waals surface area (Å²) in [5, 5.41) is 2.62. The third-order valence-corrected chi connectivity index (χ3v) is 12.1. The highest BCUT2D eigenvalue weighted by atomic mass is 16.6. The summed E-state index contributed by atoms with van der Waals surface area (Å²) in [4.78, 5) is 43.0. The third kappa shape index (κ3) is 4.09. The second-order valence-corrected chi connectivity index (χ2v) is 13.7. The number of fused-ring (bicyclic) bond motifs is 2. The molecular formula is C30H48N2O5. The van der Waals surface area contributed by atoms with Crippen molar-refractivity contribution < 1.29 is 23.9 Å². The number of nitrogens with zero attached hydrogens (tertiary/aromatic N) is 1. The lowest BCUT2D eigenvalue weighted by atomic mass is 9.43. The highest BCUT2D eigenvalue weighted by Crippen LogP contribution is 2.69. The summed E-state index contributed by atoms with van der Waals surface area (Å²) < 4.78 is 12.4. The molecular weight excluding hydrogens is 468 g/mol. The van der Waals surface area contributed by atoms with Gasteiger partial charge in [0.1, 0.15) is 11.9 Å². The fraction of sp³-hybridized carbons (Fsp3) is 0.900. The zero-order valence-electron chi connectivity index (χ0n) is 23.8. The average Bonchev–Trinajstić information content (AvgIpc) is 3.59. The van der Waals surface area contributed by atoms with Crippen molar-refractivity contribution in [3.8, 4) is 0 Å². The molecule has 11 atom stereocenters. The van der Waals surface area contributed by atoms with Gasteiger partial charge in [0.2, 0.25) is 5.91 Å². The summed E-state index contributed by atoms with van der Waals surface area (Å²) in [6.45, 7) is 13.7. The SMILES string of the molecule is CCC[C@]1(C)C[C@@H](OC(=O)NC(=O)[C@H]2CN3CC[C@@H]2C3)[C@@]2(C)C3[C@H](OC)CCC3(CC[C@H]2C)[C@@H](C)C1=O. The molecule has 2 saturated heterocycles. The van der Waals surface area contributed by atoms with Crippen LogP contribution in [0.4, 0.5) is 4.79 Å². The molecule has 37 heavy (non-hydrogen) atoms. The van der Waals surface area contributed by atoms with Crippen molar-refractivity contribution in [2.24, 2.45) is 45.8 Å². The molecule has 7 nitrogen and oxygen atoms in total. The summed E-state index contributed by atoms with van der Waals surface area (Å²) in [6, 6.07) is 0. The molecule has 1 N–H and O–H groups in total. The van der Waals surface area contributed by atoms with E-state index >= 15 is 0 Å². The van der Waals surface area contributed by atoms with Crippen LogP contribution in [-0.4, -0.2) is 61.6 Å². The first-order valence-corrected chi connectivity index (χ1v) is 14.8. The number of imide groups is 1. The maximum atomic E-state index is 14.2. The van der Waals surface area contributed by atoms with E-state index in [4.69, 9.17) is 9.47 Å². The first-order chi connectivity index (χ1) is 17.5. The van der Waals surface area contributed by atoms with E-state index in [0.29, 0.717) is 24.0 Å². The van der Waals surface area contributed by atoms with Gasteiger partial charge in [-0.3, -0.25) is 14.9 Å². The lowest BCUT2D eigenvalue weighted by Gasteiger charge is -2.61. The van der Waals surface area contributed by atoms with Crippen molar-refractivity contribution in [1.29, 1.82) is 0 Å². The Morgan fingerprint density at radius 3 is 2.46 bits per heavy atom. The van der Waals surface area contributed by atoms with Gasteiger partial charge in [0.05, 0.1) is 12.0 Å². The quantitative estimate of drug-likeness (QED) is 0.564. The number of alkyl carbamates (subject to hydrolysis) is 1. The van der Waals surface area contributed by atoms with Gasteiger partial charge in [-0.1, -0.05) is 41.0 Å². The first kappa shape index (κ1) is 27.1. The molecule has 5 aliphatic rings. The Labute approximate surface area is 222 Å². The topological polar surface area (TPSA) is 84.9 Å². The smallest absolute Gasteiger partial charge is 0.414 e. The normalized spacial score (nSPS) is 48.8. The fourth-order valence-corrected chi connectivity index (χ4v) is 9.87. The van der Waals surface area contributed by atoms with Crippen LogP contribution in [0.15, 0.2) is 0 Å². The zero-order valence-corrected chi connectivity index (χ0v) is 23.8. The van der Waals surface area contributed by atoms with E-state index in [9.17, 15) is 14.4 Å². The van der Waals surface area contributed by atoms with E-state index in [1.807, 2.05) is 0 Å². The van der Waals surface area contributed by atoms with Crippen LogP contribution in [0.5, 0.6) is 0 Å². The number of ketones is 1. The number of carbonyl (C=O) groups excluding carboxylic acids is 3. The molecule has 7 heteroatoms. The van der Waals surface area contributed by atoms with Crippen LogP contribution >= 0.6 is 0 Å². The minimum absolute atomic E-state index is 0.0393. The molecule has 0 spiro atoms. The van der Waals surface area contributed by atoms with Crippen molar-refractivity contribution in [3.63, 3.8) is 0 Å². The number of rotatable bonds is 5. The van der Waals surface area contributed by atoms with Crippen LogP contribution in [0, 0.1) is 45.8 Å². The van der Waals surface area contributed by atoms with Crippen molar-refractivity contribution in [2.75, 3.05) is 26.7 Å². The highest BCUT2D eigenvalue weighted by molar-refractivity contribution is 5.93. The molecule has 0 aromatic carbocycles. The molecule has 2 heterocycles. The van der Waals surface area contributed by atoms with Crippen LogP contribution in [0.3, 0.4) is 0 Å². The Morgan fingerprint density at radius 2 is 1.84 bits per heavy atom. The maximum absolute atomic E-state index is 14.2. The molecule has 208 valence electrons. The number of hydrogen-bond acceptors (Lipinski definition) is 6. The lowest BCUT2D eigenvalue weighted by molar-refractivity contribution is -0.192. The number of piperidine rings is 1. The van der Waals surface area contributed by atoms with Crippen LogP contribution in [0.1, 0.15) is 86.0 Å². The van der Waals surface area contributed by atoms with Gasteiger partial charge in [-0.05, 0) is 68.7 Å². The summed E-state index contributed by atoms with van der Waals surface area (Å²) in [5.41, 5.74) is -1.06. The number of nitrogens with one attached hydrogen (secondary N) is 1. The molecule has 2 amide bonds. The molecule has 5 rings (SSSR count). The number of carbonyl (C=O) groups is 3. The van der Waals surface area contributed by atoms with Gasteiger partial charge >= 0.3 is 6.09 Å². The van der Waals surface area contributed by atoms with E-state index in [-0.39, 0.29) is 40.6 Å². The largest absolute Gasteiger partial charge is 0.445 e. The minimum atomic E-state index is -0.649. The molecule has 5 fully saturated rings. The molecule has 4 bridgehead atoms. The molecule has 3 unspecified atom stereocenters. The van der Waals surface area contributed by atoms with Crippen molar-refractivity contribution >= 4 is 17.8 Å². The number of ether oxygens (including phenoxy) is 2. The van der Waals surface area contributed by atoms with Gasteiger partial charge in [-0.2, -0.15) is 0 Å². The Balaban J connectivity index is 1.48. The van der Waals surface area contributed by atoms with Crippen molar-refractivity contribution in [1.82, 2.24) is 10.2 Å². The molecule has 3 aliphatic carbocycles. The first-order valence-electron chi connectivity index (χ1n) is 14.8. The molecule has 0 radical (unpaired) electrons. The van der Waals surface area contributed by atoms with Gasteiger partial charge in [0.15, 0.2) is 0 Å². The average molecular weight is 517 g/mol. The Morgan fingerprint density at radius 1 is 1.11 bits per heavy atom. The van der Waals surface area contributed by atoms with E-state index < -0.39 is 17.6 Å². The molecule has 3 saturated carbocycles. The van der Waals surface area contributed by atoms with Gasteiger partial charge in [0.25, 0.3) is 0 Å². The number of hydrogen-bond donors (Lipinski definition) is 1. The Bertz CT molecular complexity index is 939. The van der Waals surface area contributed by atoms with E-state index in [2.05, 4.69) is 44.8 Å². The molecule has 2 aliphatic heterocycles. The van der Waals surface area contributed by atoms with Crippen LogP contribution in [0.25, 0.3) is 0 Å². The summed E-state index contributed by atoms with van der Waals surface area (Å²) in [6.07, 6.45) is 6.04. The van der Waals surface area contributed by atoms with Crippen LogP contribution in [-0.2, 0) is 19.1 Å². The molecule has 0 aromatic heterocycles. The monoisotopic (exact) mass is 516 g/mol.